The minimum atomic E-state index is -0.653. The van der Waals surface area contributed by atoms with Gasteiger partial charge in [0.15, 0.2) is 5.82 Å². The van der Waals surface area contributed by atoms with Crippen molar-refractivity contribution in [2.24, 2.45) is 0 Å². The first-order valence-corrected chi connectivity index (χ1v) is 9.40. The van der Waals surface area contributed by atoms with E-state index in [2.05, 4.69) is 15.5 Å². The lowest BCUT2D eigenvalue weighted by Crippen LogP contribution is -2.14. The number of halogens is 3. The molecule has 0 fully saturated rings. The van der Waals surface area contributed by atoms with Crippen LogP contribution in [0.3, 0.4) is 0 Å². The summed E-state index contributed by atoms with van der Waals surface area (Å²) in [5.74, 6) is -1.83. The highest BCUT2D eigenvalue weighted by atomic mass is 32.2. The highest BCUT2D eigenvalue weighted by Gasteiger charge is 2.14. The lowest BCUT2D eigenvalue weighted by Gasteiger charge is -2.07. The standard InChI is InChI=1S/C21H14F3N3OS/c1-11-6-12(22)2-4-17(11)21(28)25-20-18-10-15(3-5-19(18)26-27-20)29-16-8-13(23)7-14(24)9-16/h2-10H,1H3,(H2,25,26,27,28). The molecule has 1 amide bonds. The van der Waals surface area contributed by atoms with Crippen molar-refractivity contribution in [3.63, 3.8) is 0 Å². The maximum Gasteiger partial charge on any atom is 0.257 e. The lowest BCUT2D eigenvalue weighted by molar-refractivity contribution is 0.102. The summed E-state index contributed by atoms with van der Waals surface area (Å²) in [6.45, 7) is 1.65. The second-order valence-electron chi connectivity index (χ2n) is 6.40. The van der Waals surface area contributed by atoms with Gasteiger partial charge in [0, 0.05) is 26.8 Å². The topological polar surface area (TPSA) is 57.8 Å². The predicted molar refractivity (Wildman–Crippen MR) is 106 cm³/mol. The summed E-state index contributed by atoms with van der Waals surface area (Å²) in [6.07, 6.45) is 0. The molecule has 3 aromatic carbocycles. The molecular formula is C21H14F3N3OS. The fourth-order valence-electron chi connectivity index (χ4n) is 2.93. The number of aryl methyl sites for hydroxylation is 1. The van der Waals surface area contributed by atoms with Crippen LogP contribution in [-0.2, 0) is 0 Å². The van der Waals surface area contributed by atoms with Crippen LogP contribution < -0.4 is 5.32 Å². The molecule has 4 nitrogen and oxygen atoms in total. The van der Waals surface area contributed by atoms with E-state index in [1.54, 1.807) is 25.1 Å². The highest BCUT2D eigenvalue weighted by molar-refractivity contribution is 7.99. The van der Waals surface area contributed by atoms with Gasteiger partial charge in [-0.3, -0.25) is 9.89 Å². The predicted octanol–water partition coefficient (Wildman–Crippen LogP) is 5.69. The van der Waals surface area contributed by atoms with E-state index >= 15 is 0 Å². The van der Waals surface area contributed by atoms with Crippen LogP contribution in [0.15, 0.2) is 64.4 Å². The van der Waals surface area contributed by atoms with E-state index in [1.807, 2.05) is 0 Å². The molecule has 2 N–H and O–H groups in total. The normalized spacial score (nSPS) is 11.0. The molecule has 0 aliphatic heterocycles. The van der Waals surface area contributed by atoms with Gasteiger partial charge in [0.05, 0.1) is 5.52 Å². The Labute approximate surface area is 168 Å². The number of anilines is 1. The number of rotatable bonds is 4. The molecule has 1 aromatic heterocycles. The maximum absolute atomic E-state index is 13.4. The highest BCUT2D eigenvalue weighted by Crippen LogP contribution is 2.32. The van der Waals surface area contributed by atoms with Crippen LogP contribution in [0, 0.1) is 24.4 Å². The Balaban J connectivity index is 1.62. The molecule has 0 saturated heterocycles. The van der Waals surface area contributed by atoms with E-state index in [1.165, 1.54) is 42.1 Å². The summed E-state index contributed by atoms with van der Waals surface area (Å²) in [5.41, 5.74) is 1.53. The van der Waals surface area contributed by atoms with Gasteiger partial charge in [0.25, 0.3) is 5.91 Å². The van der Waals surface area contributed by atoms with Gasteiger partial charge in [-0.15, -0.1) is 0 Å². The van der Waals surface area contributed by atoms with Gasteiger partial charge >= 0.3 is 0 Å². The van der Waals surface area contributed by atoms with E-state index in [-0.39, 0.29) is 0 Å². The number of nitrogens with one attached hydrogen (secondary N) is 2. The van der Waals surface area contributed by atoms with Crippen molar-refractivity contribution in [2.75, 3.05) is 5.32 Å². The Morgan fingerprint density at radius 2 is 1.69 bits per heavy atom. The Morgan fingerprint density at radius 3 is 2.41 bits per heavy atom. The molecule has 0 spiro atoms. The van der Waals surface area contributed by atoms with Crippen LogP contribution in [0.2, 0.25) is 0 Å². The smallest absolute Gasteiger partial charge is 0.257 e. The number of nitrogens with zero attached hydrogens (tertiary/aromatic N) is 1. The number of carbonyl (C=O) groups is 1. The van der Waals surface area contributed by atoms with Gasteiger partial charge in [0.2, 0.25) is 0 Å². The van der Waals surface area contributed by atoms with Gasteiger partial charge in [-0.1, -0.05) is 11.8 Å². The van der Waals surface area contributed by atoms with Crippen molar-refractivity contribution >= 4 is 34.4 Å². The zero-order valence-corrected chi connectivity index (χ0v) is 15.9. The van der Waals surface area contributed by atoms with Crippen LogP contribution in [0.4, 0.5) is 19.0 Å². The van der Waals surface area contributed by atoms with E-state index < -0.39 is 23.4 Å². The summed E-state index contributed by atoms with van der Waals surface area (Å²) in [6, 6.07) is 12.5. The number of aromatic amines is 1. The van der Waals surface area contributed by atoms with Gasteiger partial charge in [-0.2, -0.15) is 5.10 Å². The zero-order valence-electron chi connectivity index (χ0n) is 15.1. The van der Waals surface area contributed by atoms with Gasteiger partial charge < -0.3 is 5.32 Å². The third-order valence-electron chi connectivity index (χ3n) is 4.27. The van der Waals surface area contributed by atoms with Crippen molar-refractivity contribution in [1.29, 1.82) is 0 Å². The summed E-state index contributed by atoms with van der Waals surface area (Å²) < 4.78 is 40.1. The first kappa shape index (κ1) is 19.1. The van der Waals surface area contributed by atoms with Crippen LogP contribution >= 0.6 is 11.8 Å². The maximum atomic E-state index is 13.4. The summed E-state index contributed by atoms with van der Waals surface area (Å²) in [7, 11) is 0. The number of hydrogen-bond donors (Lipinski definition) is 2. The molecule has 4 rings (SSSR count). The molecule has 0 atom stereocenters. The number of hydrogen-bond acceptors (Lipinski definition) is 3. The molecule has 0 unspecified atom stereocenters. The molecule has 0 saturated carbocycles. The van der Waals surface area contributed by atoms with Crippen LogP contribution in [0.1, 0.15) is 15.9 Å². The van der Waals surface area contributed by atoms with E-state index in [0.29, 0.717) is 32.7 Å². The van der Waals surface area contributed by atoms with Gasteiger partial charge in [-0.05, 0) is 61.0 Å². The lowest BCUT2D eigenvalue weighted by atomic mass is 10.1. The van der Waals surface area contributed by atoms with Crippen molar-refractivity contribution in [3.05, 3.63) is 83.2 Å². The molecule has 0 aliphatic rings. The average Bonchev–Trinajstić information content (AvgIpc) is 3.03. The third-order valence-corrected chi connectivity index (χ3v) is 5.23. The monoisotopic (exact) mass is 413 g/mol. The number of carbonyl (C=O) groups excluding carboxylic acids is 1. The van der Waals surface area contributed by atoms with E-state index in [9.17, 15) is 18.0 Å². The summed E-state index contributed by atoms with van der Waals surface area (Å²) in [4.78, 5) is 13.7. The first-order chi connectivity index (χ1) is 13.9. The molecule has 146 valence electrons. The second kappa shape index (κ2) is 7.63. The van der Waals surface area contributed by atoms with Gasteiger partial charge in [-0.25, -0.2) is 13.2 Å². The molecule has 0 radical (unpaired) electrons. The summed E-state index contributed by atoms with van der Waals surface area (Å²) >= 11 is 1.19. The minimum Gasteiger partial charge on any atom is -0.305 e. The molecule has 1 heterocycles. The van der Waals surface area contributed by atoms with Crippen molar-refractivity contribution in [2.45, 2.75) is 16.7 Å². The van der Waals surface area contributed by atoms with Crippen LogP contribution in [-0.4, -0.2) is 16.1 Å². The fraction of sp³-hybridized carbons (Fsp3) is 0.0476. The first-order valence-electron chi connectivity index (χ1n) is 8.58. The molecule has 29 heavy (non-hydrogen) atoms. The molecule has 4 aromatic rings. The Kier molecular flexibility index (Phi) is 5.02. The largest absolute Gasteiger partial charge is 0.305 e. The average molecular weight is 413 g/mol. The van der Waals surface area contributed by atoms with Crippen LogP contribution in [0.5, 0.6) is 0 Å². The van der Waals surface area contributed by atoms with Crippen molar-refractivity contribution in [3.8, 4) is 0 Å². The second-order valence-corrected chi connectivity index (χ2v) is 7.55. The minimum absolute atomic E-state index is 0.307. The Morgan fingerprint density at radius 1 is 0.931 bits per heavy atom. The van der Waals surface area contributed by atoms with Gasteiger partial charge in [0.1, 0.15) is 17.5 Å². The van der Waals surface area contributed by atoms with E-state index in [4.69, 9.17) is 0 Å². The molecule has 8 heteroatoms. The molecule has 0 aliphatic carbocycles. The number of H-pyrrole nitrogens is 1. The SMILES string of the molecule is Cc1cc(F)ccc1C(=O)Nc1n[nH]c2ccc(Sc3cc(F)cc(F)c3)cc12. The number of benzene rings is 3. The summed E-state index contributed by atoms with van der Waals surface area (Å²) in [5, 5.41) is 10.3. The van der Waals surface area contributed by atoms with Crippen molar-refractivity contribution < 1.29 is 18.0 Å². The fourth-order valence-corrected chi connectivity index (χ4v) is 3.86. The molecule has 0 bridgehead atoms. The quantitative estimate of drug-likeness (QED) is 0.452. The van der Waals surface area contributed by atoms with Crippen LogP contribution in [0.25, 0.3) is 10.9 Å². The Bertz CT molecular complexity index is 1220. The molecular weight excluding hydrogens is 399 g/mol. The van der Waals surface area contributed by atoms with E-state index in [0.717, 1.165) is 11.0 Å². The Hall–Kier alpha value is -3.26. The number of aromatic nitrogens is 2. The third kappa shape index (κ3) is 4.12. The zero-order chi connectivity index (χ0) is 20.5. The number of fused-ring (bicyclic) bond motifs is 1. The van der Waals surface area contributed by atoms with Crippen molar-refractivity contribution in [1.82, 2.24) is 10.2 Å². The number of amides is 1.